The first-order valence-electron chi connectivity index (χ1n) is 8.07. The second kappa shape index (κ2) is 6.59. The van der Waals surface area contributed by atoms with Gasteiger partial charge in [0.05, 0.1) is 11.6 Å². The highest BCUT2D eigenvalue weighted by Crippen LogP contribution is 2.33. The summed E-state index contributed by atoms with van der Waals surface area (Å²) >= 11 is 0. The van der Waals surface area contributed by atoms with Gasteiger partial charge in [0.1, 0.15) is 0 Å². The van der Waals surface area contributed by atoms with E-state index in [-0.39, 0.29) is 6.04 Å². The fourth-order valence-electron chi connectivity index (χ4n) is 3.54. The Hall–Kier alpha value is -1.71. The Labute approximate surface area is 132 Å². The molecule has 2 aromatic rings. The summed E-state index contributed by atoms with van der Waals surface area (Å²) in [5.41, 5.74) is 1.93. The number of benzene rings is 1. The van der Waals surface area contributed by atoms with E-state index in [0.29, 0.717) is 5.92 Å². The van der Waals surface area contributed by atoms with Gasteiger partial charge in [-0.2, -0.15) is 0 Å². The normalized spacial score (nSPS) is 24.3. The van der Waals surface area contributed by atoms with Gasteiger partial charge >= 0.3 is 0 Å². The van der Waals surface area contributed by atoms with Crippen LogP contribution in [0.5, 0.6) is 0 Å². The number of rotatable bonds is 4. The molecule has 22 heavy (non-hydrogen) atoms. The van der Waals surface area contributed by atoms with E-state index in [1.165, 1.54) is 6.42 Å². The van der Waals surface area contributed by atoms with Gasteiger partial charge in [-0.25, -0.2) is 0 Å². The van der Waals surface area contributed by atoms with Crippen LogP contribution in [0, 0.1) is 5.92 Å². The van der Waals surface area contributed by atoms with E-state index in [1.807, 2.05) is 36.4 Å². The SMILES string of the molecule is C=CCN1CCC(C)CC1C(O)c1ccnc2ccccc12. The van der Waals surface area contributed by atoms with Crippen molar-refractivity contribution in [2.45, 2.75) is 31.9 Å². The summed E-state index contributed by atoms with van der Waals surface area (Å²) in [4.78, 5) is 6.75. The van der Waals surface area contributed by atoms with Gasteiger partial charge in [-0.1, -0.05) is 31.2 Å². The molecule has 1 saturated heterocycles. The number of likely N-dealkylation sites (tertiary alicyclic amines) is 1. The van der Waals surface area contributed by atoms with Gasteiger partial charge in [-0.05, 0) is 43.0 Å². The van der Waals surface area contributed by atoms with Gasteiger partial charge < -0.3 is 5.11 Å². The zero-order chi connectivity index (χ0) is 15.5. The Balaban J connectivity index is 1.96. The van der Waals surface area contributed by atoms with E-state index in [4.69, 9.17) is 0 Å². The Morgan fingerprint density at radius 2 is 2.23 bits per heavy atom. The zero-order valence-electron chi connectivity index (χ0n) is 13.2. The molecule has 3 rings (SSSR count). The van der Waals surface area contributed by atoms with E-state index in [0.717, 1.165) is 36.0 Å². The van der Waals surface area contributed by atoms with E-state index in [2.05, 4.69) is 23.4 Å². The number of piperidine rings is 1. The van der Waals surface area contributed by atoms with Gasteiger partial charge in [-0.3, -0.25) is 9.88 Å². The smallest absolute Gasteiger partial charge is 0.0952 e. The van der Waals surface area contributed by atoms with Crippen LogP contribution in [0.15, 0.2) is 49.2 Å². The number of nitrogens with zero attached hydrogens (tertiary/aromatic N) is 2. The van der Waals surface area contributed by atoms with Crippen LogP contribution in [-0.4, -0.2) is 34.1 Å². The molecule has 1 aromatic heterocycles. The Morgan fingerprint density at radius 3 is 3.05 bits per heavy atom. The summed E-state index contributed by atoms with van der Waals surface area (Å²) in [5.74, 6) is 0.647. The zero-order valence-corrected chi connectivity index (χ0v) is 13.2. The van der Waals surface area contributed by atoms with Crippen LogP contribution in [-0.2, 0) is 0 Å². The first-order chi connectivity index (χ1) is 10.7. The van der Waals surface area contributed by atoms with Gasteiger partial charge in [0, 0.05) is 24.2 Å². The fraction of sp³-hybridized carbons (Fsp3) is 0.421. The first kappa shape index (κ1) is 15.2. The number of aliphatic hydroxyl groups is 1. The van der Waals surface area contributed by atoms with Crippen molar-refractivity contribution >= 4 is 10.9 Å². The van der Waals surface area contributed by atoms with E-state index in [9.17, 15) is 5.11 Å². The summed E-state index contributed by atoms with van der Waals surface area (Å²) in [6.07, 6.45) is 5.45. The number of para-hydroxylation sites is 1. The third-order valence-corrected chi connectivity index (χ3v) is 4.75. The van der Waals surface area contributed by atoms with Crippen molar-refractivity contribution in [3.63, 3.8) is 0 Å². The van der Waals surface area contributed by atoms with Gasteiger partial charge in [0.15, 0.2) is 0 Å². The molecule has 3 nitrogen and oxygen atoms in total. The molecule has 116 valence electrons. The highest BCUT2D eigenvalue weighted by Gasteiger charge is 2.32. The number of hydrogen-bond donors (Lipinski definition) is 1. The van der Waals surface area contributed by atoms with E-state index >= 15 is 0 Å². The summed E-state index contributed by atoms with van der Waals surface area (Å²) in [5, 5.41) is 12.1. The maximum absolute atomic E-state index is 11.1. The third kappa shape index (κ3) is 2.92. The molecule has 3 heteroatoms. The van der Waals surface area contributed by atoms with E-state index < -0.39 is 6.10 Å². The second-order valence-electron chi connectivity index (χ2n) is 6.34. The molecule has 0 amide bonds. The maximum Gasteiger partial charge on any atom is 0.0952 e. The van der Waals surface area contributed by atoms with Crippen LogP contribution in [0.2, 0.25) is 0 Å². The topological polar surface area (TPSA) is 36.4 Å². The van der Waals surface area contributed by atoms with Crippen molar-refractivity contribution in [1.29, 1.82) is 0 Å². The minimum Gasteiger partial charge on any atom is -0.387 e. The maximum atomic E-state index is 11.1. The standard InChI is InChI=1S/C19H24N2O/c1-3-11-21-12-9-14(2)13-18(21)19(22)16-8-10-20-17-7-5-4-6-15(16)17/h3-8,10,14,18-19,22H,1,9,11-13H2,2H3. The molecule has 3 unspecified atom stereocenters. The van der Waals surface area contributed by atoms with Crippen molar-refractivity contribution in [3.05, 3.63) is 54.7 Å². The van der Waals surface area contributed by atoms with Gasteiger partial charge in [0.25, 0.3) is 0 Å². The van der Waals surface area contributed by atoms with Crippen LogP contribution in [0.3, 0.4) is 0 Å². The van der Waals surface area contributed by atoms with Crippen LogP contribution in [0.4, 0.5) is 0 Å². The van der Waals surface area contributed by atoms with Crippen molar-refractivity contribution in [3.8, 4) is 0 Å². The molecular weight excluding hydrogens is 272 g/mol. The quantitative estimate of drug-likeness (QED) is 0.877. The van der Waals surface area contributed by atoms with Crippen molar-refractivity contribution in [1.82, 2.24) is 9.88 Å². The molecule has 1 N–H and O–H groups in total. The van der Waals surface area contributed by atoms with Gasteiger partial charge in [0.2, 0.25) is 0 Å². The Morgan fingerprint density at radius 1 is 1.41 bits per heavy atom. The molecular formula is C19H24N2O. The molecule has 0 spiro atoms. The monoisotopic (exact) mass is 296 g/mol. The lowest BCUT2D eigenvalue weighted by atomic mass is 9.86. The summed E-state index contributed by atoms with van der Waals surface area (Å²) < 4.78 is 0. The molecule has 1 aliphatic heterocycles. The number of hydrogen-bond acceptors (Lipinski definition) is 3. The molecule has 0 radical (unpaired) electrons. The molecule has 0 saturated carbocycles. The number of pyridine rings is 1. The molecule has 1 aromatic carbocycles. The largest absolute Gasteiger partial charge is 0.387 e. The molecule has 3 atom stereocenters. The lowest BCUT2D eigenvalue weighted by Crippen LogP contribution is -2.45. The number of fused-ring (bicyclic) bond motifs is 1. The minimum atomic E-state index is -0.490. The summed E-state index contributed by atoms with van der Waals surface area (Å²) in [6.45, 7) is 7.99. The Kier molecular flexibility index (Phi) is 4.55. The first-order valence-corrected chi connectivity index (χ1v) is 8.07. The molecule has 2 heterocycles. The van der Waals surface area contributed by atoms with Crippen molar-refractivity contribution in [2.24, 2.45) is 5.92 Å². The van der Waals surface area contributed by atoms with Crippen molar-refractivity contribution < 1.29 is 5.11 Å². The van der Waals surface area contributed by atoms with Crippen LogP contribution >= 0.6 is 0 Å². The molecule has 0 bridgehead atoms. The Bertz CT molecular complexity index is 649. The van der Waals surface area contributed by atoms with Crippen LogP contribution in [0.1, 0.15) is 31.4 Å². The number of aliphatic hydroxyl groups excluding tert-OH is 1. The van der Waals surface area contributed by atoms with Gasteiger partial charge in [-0.15, -0.1) is 6.58 Å². The van der Waals surface area contributed by atoms with Crippen LogP contribution in [0.25, 0.3) is 10.9 Å². The lowest BCUT2D eigenvalue weighted by Gasteiger charge is -2.40. The molecule has 0 aliphatic carbocycles. The average Bonchev–Trinajstić information content (AvgIpc) is 2.55. The highest BCUT2D eigenvalue weighted by atomic mass is 16.3. The van der Waals surface area contributed by atoms with Crippen LogP contribution < -0.4 is 0 Å². The third-order valence-electron chi connectivity index (χ3n) is 4.75. The predicted octanol–water partition coefficient (Wildman–Crippen LogP) is 3.55. The fourth-order valence-corrected chi connectivity index (χ4v) is 3.54. The van der Waals surface area contributed by atoms with Crippen molar-refractivity contribution in [2.75, 3.05) is 13.1 Å². The van der Waals surface area contributed by atoms with E-state index in [1.54, 1.807) is 6.20 Å². The molecule has 1 fully saturated rings. The lowest BCUT2D eigenvalue weighted by molar-refractivity contribution is 0.0177. The highest BCUT2D eigenvalue weighted by molar-refractivity contribution is 5.82. The summed E-state index contributed by atoms with van der Waals surface area (Å²) in [6, 6.07) is 10.1. The predicted molar refractivity (Wildman–Crippen MR) is 90.7 cm³/mol. The minimum absolute atomic E-state index is 0.146. The molecule has 1 aliphatic rings. The summed E-state index contributed by atoms with van der Waals surface area (Å²) in [7, 11) is 0. The second-order valence-corrected chi connectivity index (χ2v) is 6.34. The average molecular weight is 296 g/mol. The number of aromatic nitrogens is 1.